The standard InChI is InChI=1S/C24H25N3O4/c1-23(2,3)27-21(28)18-11-14-10-16(5-6-17(14)26-18)25-22(29)24(8-9-24)15-4-7-19-20(12-15)31-13-30-19/h4-7,10-12,26H,8-9,13H2,1-3H3,(H,25,29)(H,27,28). The molecule has 1 fully saturated rings. The summed E-state index contributed by atoms with van der Waals surface area (Å²) in [5.41, 5.74) is 2.12. The second-order valence-corrected chi connectivity index (χ2v) is 9.29. The summed E-state index contributed by atoms with van der Waals surface area (Å²) in [7, 11) is 0. The van der Waals surface area contributed by atoms with E-state index in [4.69, 9.17) is 9.47 Å². The van der Waals surface area contributed by atoms with Crippen molar-refractivity contribution in [3.05, 3.63) is 53.7 Å². The predicted molar refractivity (Wildman–Crippen MR) is 118 cm³/mol. The van der Waals surface area contributed by atoms with E-state index in [9.17, 15) is 9.59 Å². The van der Waals surface area contributed by atoms with E-state index < -0.39 is 5.41 Å². The fraction of sp³-hybridized carbons (Fsp3) is 0.333. The molecule has 0 bridgehead atoms. The number of rotatable bonds is 4. The fourth-order valence-electron chi connectivity index (χ4n) is 3.96. The Labute approximate surface area is 180 Å². The highest BCUT2D eigenvalue weighted by Crippen LogP contribution is 2.51. The minimum Gasteiger partial charge on any atom is -0.454 e. The molecule has 1 aromatic heterocycles. The van der Waals surface area contributed by atoms with Crippen LogP contribution >= 0.6 is 0 Å². The minimum absolute atomic E-state index is 0.0352. The molecule has 1 aliphatic heterocycles. The summed E-state index contributed by atoms with van der Waals surface area (Å²) in [6.07, 6.45) is 1.59. The number of anilines is 1. The van der Waals surface area contributed by atoms with E-state index in [-0.39, 0.29) is 24.1 Å². The number of H-pyrrole nitrogens is 1. The first kappa shape index (κ1) is 19.5. The predicted octanol–water partition coefficient (Wildman–Crippen LogP) is 4.10. The quantitative estimate of drug-likeness (QED) is 0.594. The third-order valence-electron chi connectivity index (χ3n) is 5.72. The van der Waals surface area contributed by atoms with Gasteiger partial charge in [0.2, 0.25) is 12.7 Å². The van der Waals surface area contributed by atoms with Crippen LogP contribution in [0.3, 0.4) is 0 Å². The minimum atomic E-state index is -0.536. The highest BCUT2D eigenvalue weighted by Gasteiger charge is 2.51. The van der Waals surface area contributed by atoms with Crippen molar-refractivity contribution in [1.82, 2.24) is 10.3 Å². The van der Waals surface area contributed by atoms with Crippen LogP contribution in [0, 0.1) is 0 Å². The Hall–Kier alpha value is -3.48. The van der Waals surface area contributed by atoms with Gasteiger partial charge in [0, 0.05) is 22.1 Å². The Morgan fingerprint density at radius 1 is 1.00 bits per heavy atom. The zero-order chi connectivity index (χ0) is 21.8. The Bertz CT molecular complexity index is 1200. The maximum Gasteiger partial charge on any atom is 0.268 e. The van der Waals surface area contributed by atoms with Crippen LogP contribution in [0.2, 0.25) is 0 Å². The summed E-state index contributed by atoms with van der Waals surface area (Å²) in [6.45, 7) is 6.03. The van der Waals surface area contributed by atoms with Gasteiger partial charge in [-0.1, -0.05) is 6.07 Å². The van der Waals surface area contributed by atoms with Crippen LogP contribution in [-0.4, -0.2) is 29.1 Å². The molecule has 3 N–H and O–H groups in total. The maximum atomic E-state index is 13.1. The third kappa shape index (κ3) is 3.60. The SMILES string of the molecule is CC(C)(C)NC(=O)c1cc2cc(NC(=O)C3(c4ccc5c(c4)OCO5)CC3)ccc2[nH]1. The van der Waals surface area contributed by atoms with Crippen LogP contribution in [0.1, 0.15) is 49.7 Å². The highest BCUT2D eigenvalue weighted by molar-refractivity contribution is 6.03. The molecule has 0 atom stereocenters. The Morgan fingerprint density at radius 3 is 2.52 bits per heavy atom. The van der Waals surface area contributed by atoms with Crippen molar-refractivity contribution >= 4 is 28.4 Å². The number of benzene rings is 2. The van der Waals surface area contributed by atoms with Gasteiger partial charge in [0.15, 0.2) is 11.5 Å². The van der Waals surface area contributed by atoms with Crippen molar-refractivity contribution in [2.75, 3.05) is 12.1 Å². The molecule has 0 saturated heterocycles. The van der Waals surface area contributed by atoms with Crippen LogP contribution in [0.25, 0.3) is 10.9 Å². The van der Waals surface area contributed by atoms with Crippen LogP contribution in [-0.2, 0) is 10.2 Å². The summed E-state index contributed by atoms with van der Waals surface area (Å²) in [4.78, 5) is 28.7. The van der Waals surface area contributed by atoms with E-state index in [1.54, 1.807) is 6.07 Å². The van der Waals surface area contributed by atoms with Gasteiger partial charge >= 0.3 is 0 Å². The van der Waals surface area contributed by atoms with Crippen LogP contribution in [0.15, 0.2) is 42.5 Å². The molecule has 1 saturated carbocycles. The molecule has 2 aliphatic rings. The lowest BCUT2D eigenvalue weighted by molar-refractivity contribution is -0.118. The van der Waals surface area contributed by atoms with Crippen molar-refractivity contribution in [3.63, 3.8) is 0 Å². The van der Waals surface area contributed by atoms with Crippen molar-refractivity contribution in [1.29, 1.82) is 0 Å². The molecule has 0 unspecified atom stereocenters. The lowest BCUT2D eigenvalue weighted by Crippen LogP contribution is -2.40. The second kappa shape index (κ2) is 6.77. The zero-order valence-corrected chi connectivity index (χ0v) is 17.8. The molecule has 7 heteroatoms. The van der Waals surface area contributed by atoms with Gasteiger partial charge in [-0.15, -0.1) is 0 Å². The Kier molecular flexibility index (Phi) is 4.25. The summed E-state index contributed by atoms with van der Waals surface area (Å²) in [6, 6.07) is 13.1. The largest absolute Gasteiger partial charge is 0.454 e. The van der Waals surface area contributed by atoms with E-state index in [1.807, 2.05) is 57.2 Å². The smallest absolute Gasteiger partial charge is 0.268 e. The summed E-state index contributed by atoms with van der Waals surface area (Å²) in [5, 5.41) is 6.87. The molecule has 5 rings (SSSR count). The number of hydrogen-bond donors (Lipinski definition) is 3. The summed E-state index contributed by atoms with van der Waals surface area (Å²) < 4.78 is 10.8. The van der Waals surface area contributed by atoms with E-state index in [2.05, 4.69) is 15.6 Å². The van der Waals surface area contributed by atoms with E-state index in [0.29, 0.717) is 22.9 Å². The lowest BCUT2D eigenvalue weighted by atomic mass is 9.94. The molecule has 2 aromatic carbocycles. The number of aromatic amines is 1. The van der Waals surface area contributed by atoms with Gasteiger partial charge in [-0.05, 0) is 75.6 Å². The van der Waals surface area contributed by atoms with Gasteiger partial charge < -0.3 is 25.1 Å². The first-order chi connectivity index (χ1) is 14.7. The number of amides is 2. The average Bonchev–Trinajstić information content (AvgIpc) is 3.19. The number of carbonyl (C=O) groups excluding carboxylic acids is 2. The molecular weight excluding hydrogens is 394 g/mol. The van der Waals surface area contributed by atoms with Crippen molar-refractivity contribution < 1.29 is 19.1 Å². The first-order valence-corrected chi connectivity index (χ1v) is 10.4. The molecule has 160 valence electrons. The molecule has 31 heavy (non-hydrogen) atoms. The lowest BCUT2D eigenvalue weighted by Gasteiger charge is -2.19. The number of hydrogen-bond acceptors (Lipinski definition) is 4. The number of fused-ring (bicyclic) bond motifs is 2. The van der Waals surface area contributed by atoms with Gasteiger partial charge in [0.05, 0.1) is 5.41 Å². The van der Waals surface area contributed by atoms with Crippen LogP contribution < -0.4 is 20.1 Å². The number of aromatic nitrogens is 1. The normalized spacial score (nSPS) is 16.2. The maximum absolute atomic E-state index is 13.1. The number of ether oxygens (including phenoxy) is 2. The van der Waals surface area contributed by atoms with Crippen LogP contribution in [0.5, 0.6) is 11.5 Å². The van der Waals surface area contributed by atoms with Crippen molar-refractivity contribution in [2.45, 2.75) is 44.6 Å². The second-order valence-electron chi connectivity index (χ2n) is 9.29. The molecular formula is C24H25N3O4. The van der Waals surface area contributed by atoms with Crippen molar-refractivity contribution in [3.8, 4) is 11.5 Å². The Morgan fingerprint density at radius 2 is 1.77 bits per heavy atom. The highest BCUT2D eigenvalue weighted by atomic mass is 16.7. The number of nitrogens with one attached hydrogen (secondary N) is 3. The van der Waals surface area contributed by atoms with E-state index >= 15 is 0 Å². The van der Waals surface area contributed by atoms with Gasteiger partial charge in [0.1, 0.15) is 5.69 Å². The van der Waals surface area contributed by atoms with Gasteiger partial charge in [-0.2, -0.15) is 0 Å². The van der Waals surface area contributed by atoms with Gasteiger partial charge in [0.25, 0.3) is 5.91 Å². The molecule has 0 radical (unpaired) electrons. The van der Waals surface area contributed by atoms with Gasteiger partial charge in [-0.25, -0.2) is 0 Å². The van der Waals surface area contributed by atoms with E-state index in [0.717, 1.165) is 29.3 Å². The molecule has 1 aliphatic carbocycles. The van der Waals surface area contributed by atoms with Crippen LogP contribution in [0.4, 0.5) is 5.69 Å². The number of carbonyl (C=O) groups is 2. The molecule has 0 spiro atoms. The summed E-state index contributed by atoms with van der Waals surface area (Å²) >= 11 is 0. The van der Waals surface area contributed by atoms with E-state index in [1.165, 1.54) is 0 Å². The molecule has 3 aromatic rings. The van der Waals surface area contributed by atoms with Crippen molar-refractivity contribution in [2.24, 2.45) is 0 Å². The fourth-order valence-corrected chi connectivity index (χ4v) is 3.96. The zero-order valence-electron chi connectivity index (χ0n) is 17.8. The third-order valence-corrected chi connectivity index (χ3v) is 5.72. The summed E-state index contributed by atoms with van der Waals surface area (Å²) in [5.74, 6) is 1.21. The van der Waals surface area contributed by atoms with Gasteiger partial charge in [-0.3, -0.25) is 9.59 Å². The topological polar surface area (TPSA) is 92.5 Å². The molecule has 7 nitrogen and oxygen atoms in total. The Balaban J connectivity index is 1.35. The first-order valence-electron chi connectivity index (χ1n) is 10.4. The molecule has 2 heterocycles. The average molecular weight is 419 g/mol. The molecule has 2 amide bonds. The monoisotopic (exact) mass is 419 g/mol.